The van der Waals surface area contributed by atoms with Crippen molar-refractivity contribution in [2.45, 2.75) is 62.5 Å². The molecule has 6 rings (SSSR count). The number of para-hydroxylation sites is 2. The first-order valence-electron chi connectivity index (χ1n) is 16.8. The number of ether oxygens (including phenoxy) is 2. The monoisotopic (exact) mass is 707 g/mol. The van der Waals surface area contributed by atoms with Crippen molar-refractivity contribution in [1.29, 1.82) is 0 Å². The summed E-state index contributed by atoms with van der Waals surface area (Å²) in [6.07, 6.45) is 0.567. The third-order valence-corrected chi connectivity index (χ3v) is 9.69. The highest BCUT2D eigenvalue weighted by molar-refractivity contribution is 7.99. The summed E-state index contributed by atoms with van der Waals surface area (Å²) in [7, 11) is 1.81. The highest BCUT2D eigenvalue weighted by Crippen LogP contribution is 2.40. The molecule has 2 heterocycles. The number of hydrogen-bond donors (Lipinski definition) is 4. The summed E-state index contributed by atoms with van der Waals surface area (Å²) < 4.78 is 14.7. The van der Waals surface area contributed by atoms with Crippen LogP contribution in [0.1, 0.15) is 60.3 Å². The molecule has 1 aliphatic heterocycles. The van der Waals surface area contributed by atoms with E-state index < -0.39 is 6.29 Å². The van der Waals surface area contributed by atoms with Crippen molar-refractivity contribution in [3.05, 3.63) is 119 Å². The topological polar surface area (TPSA) is 167 Å². The summed E-state index contributed by atoms with van der Waals surface area (Å²) in [5, 5.41) is 27.8. The Labute approximate surface area is 300 Å². The number of nitrogen functional groups attached to an aromatic ring is 1. The Balaban J connectivity index is 1.07. The zero-order chi connectivity index (χ0) is 35.6. The Bertz CT molecular complexity index is 1940. The molecule has 3 unspecified atom stereocenters. The zero-order valence-corrected chi connectivity index (χ0v) is 29.1. The van der Waals surface area contributed by atoms with Gasteiger partial charge in [-0.1, -0.05) is 84.6 Å². The number of aliphatic hydroxyl groups is 1. The maximum atomic E-state index is 12.6. The average Bonchev–Trinajstić information content (AvgIpc) is 3.58. The summed E-state index contributed by atoms with van der Waals surface area (Å²) in [4.78, 5) is 24.9. The van der Waals surface area contributed by atoms with Gasteiger partial charge in [0.05, 0.1) is 30.2 Å². The molecule has 5 N–H and O–H groups in total. The van der Waals surface area contributed by atoms with Gasteiger partial charge in [0.15, 0.2) is 6.29 Å². The number of aryl methyl sites for hydroxylation is 1. The molecule has 0 aliphatic carbocycles. The van der Waals surface area contributed by atoms with Crippen molar-refractivity contribution in [2.24, 2.45) is 7.05 Å². The Kier molecular flexibility index (Phi) is 12.1. The van der Waals surface area contributed by atoms with Gasteiger partial charge in [-0.15, -0.1) is 5.10 Å². The number of rotatable bonds is 14. The molecular weight excluding hydrogens is 667 g/mol. The molecule has 1 aliphatic rings. The summed E-state index contributed by atoms with van der Waals surface area (Å²) in [6, 6.07) is 31.0. The molecule has 1 saturated heterocycles. The molecular formula is C38H41N7O5S. The van der Waals surface area contributed by atoms with Crippen molar-refractivity contribution >= 4 is 35.0 Å². The van der Waals surface area contributed by atoms with Gasteiger partial charge in [-0.2, -0.15) is 0 Å². The first kappa shape index (κ1) is 35.7. The molecule has 1 fully saturated rings. The SMILES string of the molecule is Cn1nnnc1SCC1CC(c2ccc(CO)cc2)OC(c2cccc(-c3cccc(CNC(=O)CCCC(=O)Nc4ccccc4N)c3)c2)O1. The Morgan fingerprint density at radius 3 is 2.43 bits per heavy atom. The summed E-state index contributed by atoms with van der Waals surface area (Å²) in [5.74, 6) is 0.341. The summed E-state index contributed by atoms with van der Waals surface area (Å²) >= 11 is 1.54. The van der Waals surface area contributed by atoms with E-state index in [1.807, 2.05) is 67.7 Å². The van der Waals surface area contributed by atoms with E-state index in [0.717, 1.165) is 33.4 Å². The minimum absolute atomic E-state index is 0.0187. The lowest BCUT2D eigenvalue weighted by Gasteiger charge is -2.36. The quantitative estimate of drug-likeness (QED) is 0.0829. The Hall–Kier alpha value is -5.08. The van der Waals surface area contributed by atoms with E-state index in [-0.39, 0.29) is 43.5 Å². The van der Waals surface area contributed by atoms with Crippen LogP contribution in [0.4, 0.5) is 11.4 Å². The number of amides is 2. The van der Waals surface area contributed by atoms with Crippen LogP contribution >= 0.6 is 11.8 Å². The summed E-state index contributed by atoms with van der Waals surface area (Å²) in [6.45, 7) is 0.347. The highest BCUT2D eigenvalue weighted by Gasteiger charge is 2.32. The molecule has 13 heteroatoms. The number of nitrogens with zero attached hydrogens (tertiary/aromatic N) is 4. The van der Waals surface area contributed by atoms with Crippen LogP contribution in [0.5, 0.6) is 0 Å². The lowest BCUT2D eigenvalue weighted by atomic mass is 9.99. The van der Waals surface area contributed by atoms with E-state index in [1.165, 1.54) is 11.8 Å². The number of anilines is 2. The van der Waals surface area contributed by atoms with Gasteiger partial charge in [0.25, 0.3) is 0 Å². The van der Waals surface area contributed by atoms with Gasteiger partial charge in [0.2, 0.25) is 17.0 Å². The maximum absolute atomic E-state index is 12.6. The number of aliphatic hydroxyl groups excluding tert-OH is 1. The number of carbonyl (C=O) groups is 2. The second-order valence-electron chi connectivity index (χ2n) is 12.3. The first-order chi connectivity index (χ1) is 24.8. The van der Waals surface area contributed by atoms with E-state index in [0.29, 0.717) is 41.7 Å². The standard InChI is InChI=1S/C38H41N7O5S/c1-45-38(42-43-44-45)51-24-31-21-34(27-17-15-25(23-46)16-18-27)50-37(49-31)30-10-5-9-29(20-30)28-8-4-7-26(19-28)22-40-35(47)13-6-14-36(48)41-33-12-3-2-11-32(33)39/h2-5,7-12,15-20,31,34,37,46H,6,13-14,21-24,39H2,1H3,(H,40,47)(H,41,48). The van der Waals surface area contributed by atoms with Crippen LogP contribution in [0.25, 0.3) is 11.1 Å². The van der Waals surface area contributed by atoms with Gasteiger partial charge in [0.1, 0.15) is 0 Å². The van der Waals surface area contributed by atoms with Crippen molar-refractivity contribution < 1.29 is 24.2 Å². The Morgan fingerprint density at radius 2 is 1.67 bits per heavy atom. The molecule has 12 nitrogen and oxygen atoms in total. The number of nitrogens with one attached hydrogen (secondary N) is 2. The van der Waals surface area contributed by atoms with E-state index in [9.17, 15) is 14.7 Å². The number of hydrogen-bond acceptors (Lipinski definition) is 10. The molecule has 5 aromatic rings. The number of aromatic nitrogens is 4. The molecule has 0 radical (unpaired) electrons. The van der Waals surface area contributed by atoms with Crippen LogP contribution in [0.15, 0.2) is 102 Å². The zero-order valence-electron chi connectivity index (χ0n) is 28.3. The fourth-order valence-corrected chi connectivity index (χ4v) is 6.65. The van der Waals surface area contributed by atoms with Gasteiger partial charge in [0, 0.05) is 44.2 Å². The largest absolute Gasteiger partial charge is 0.397 e. The fraction of sp³-hybridized carbons (Fsp3) is 0.289. The van der Waals surface area contributed by atoms with Crippen LogP contribution in [0.2, 0.25) is 0 Å². The van der Waals surface area contributed by atoms with Crippen molar-refractivity contribution in [3.63, 3.8) is 0 Å². The van der Waals surface area contributed by atoms with Gasteiger partial charge < -0.3 is 30.9 Å². The first-order valence-corrected chi connectivity index (χ1v) is 17.8. The van der Waals surface area contributed by atoms with Crippen molar-refractivity contribution in [2.75, 3.05) is 16.8 Å². The molecule has 4 aromatic carbocycles. The number of benzene rings is 4. The third-order valence-electron chi connectivity index (χ3n) is 8.55. The normalized spacial score (nSPS) is 17.2. The minimum atomic E-state index is -0.612. The van der Waals surface area contributed by atoms with Crippen LogP contribution in [-0.2, 0) is 39.3 Å². The molecule has 0 bridgehead atoms. The van der Waals surface area contributed by atoms with Crippen molar-refractivity contribution in [1.82, 2.24) is 25.5 Å². The van der Waals surface area contributed by atoms with E-state index >= 15 is 0 Å². The molecule has 2 amide bonds. The van der Waals surface area contributed by atoms with Crippen LogP contribution in [-0.4, -0.2) is 49.0 Å². The third kappa shape index (κ3) is 9.79. The van der Waals surface area contributed by atoms with E-state index in [2.05, 4.69) is 38.3 Å². The average molecular weight is 708 g/mol. The lowest BCUT2D eigenvalue weighted by Crippen LogP contribution is -2.31. The molecule has 51 heavy (non-hydrogen) atoms. The molecule has 3 atom stereocenters. The predicted octanol–water partition coefficient (Wildman–Crippen LogP) is 5.71. The lowest BCUT2D eigenvalue weighted by molar-refractivity contribution is -0.245. The van der Waals surface area contributed by atoms with E-state index in [4.69, 9.17) is 15.2 Å². The maximum Gasteiger partial charge on any atom is 0.224 e. The summed E-state index contributed by atoms with van der Waals surface area (Å²) in [5.41, 5.74) is 12.6. The number of nitrogens with two attached hydrogens (primary N) is 1. The second kappa shape index (κ2) is 17.2. The second-order valence-corrected chi connectivity index (χ2v) is 13.3. The predicted molar refractivity (Wildman–Crippen MR) is 195 cm³/mol. The molecule has 264 valence electrons. The van der Waals surface area contributed by atoms with Crippen LogP contribution in [0.3, 0.4) is 0 Å². The number of thioether (sulfide) groups is 1. The van der Waals surface area contributed by atoms with Crippen LogP contribution < -0.4 is 16.4 Å². The fourth-order valence-electron chi connectivity index (χ4n) is 5.78. The van der Waals surface area contributed by atoms with Gasteiger partial charge in [-0.3, -0.25) is 9.59 Å². The highest BCUT2D eigenvalue weighted by atomic mass is 32.2. The van der Waals surface area contributed by atoms with E-state index in [1.54, 1.807) is 28.9 Å². The van der Waals surface area contributed by atoms with Crippen molar-refractivity contribution in [3.8, 4) is 11.1 Å². The van der Waals surface area contributed by atoms with Gasteiger partial charge in [-0.05, 0) is 68.9 Å². The Morgan fingerprint density at radius 1 is 0.902 bits per heavy atom. The van der Waals surface area contributed by atoms with Gasteiger partial charge in [-0.25, -0.2) is 4.68 Å². The molecule has 0 spiro atoms. The smallest absolute Gasteiger partial charge is 0.224 e. The molecule has 1 aromatic heterocycles. The number of carbonyl (C=O) groups excluding carboxylic acids is 2. The molecule has 0 saturated carbocycles. The minimum Gasteiger partial charge on any atom is -0.397 e. The van der Waals surface area contributed by atoms with Crippen LogP contribution in [0, 0.1) is 0 Å². The number of tetrazole rings is 1. The van der Waals surface area contributed by atoms with Gasteiger partial charge >= 0.3 is 0 Å².